The molecule has 0 saturated carbocycles. The highest BCUT2D eigenvalue weighted by Crippen LogP contribution is 2.06. The van der Waals surface area contributed by atoms with Crippen LogP contribution < -0.4 is 10.9 Å². The molecule has 0 aliphatic heterocycles. The number of benzene rings is 1. The number of hydrogen-bond donors (Lipinski definition) is 2. The number of furan rings is 1. The molecule has 1 aromatic carbocycles. The molecule has 2 rings (SSSR count). The van der Waals surface area contributed by atoms with E-state index in [1.807, 2.05) is 19.1 Å². The van der Waals surface area contributed by atoms with Gasteiger partial charge in [-0.2, -0.15) is 0 Å². The zero-order chi connectivity index (χ0) is 14.5. The molecule has 0 spiro atoms. The van der Waals surface area contributed by atoms with Gasteiger partial charge in [0.05, 0.1) is 0 Å². The Bertz CT molecular complexity index is 614. The van der Waals surface area contributed by atoms with Crippen molar-refractivity contribution in [2.45, 2.75) is 20.3 Å². The molecule has 0 fully saturated rings. The number of hydrogen-bond acceptors (Lipinski definition) is 3. The number of carbonyl (C=O) groups excluding carboxylic acids is 2. The molecular formula is C15H16N2O3. The maximum absolute atomic E-state index is 11.8. The second kappa shape index (κ2) is 6.06. The fourth-order valence-electron chi connectivity index (χ4n) is 1.70. The summed E-state index contributed by atoms with van der Waals surface area (Å²) >= 11 is 0. The molecule has 1 aromatic heterocycles. The normalized spacial score (nSPS) is 10.1. The average Bonchev–Trinajstić information content (AvgIpc) is 2.91. The number of aryl methyl sites for hydroxylation is 2. The quantitative estimate of drug-likeness (QED) is 0.842. The fourth-order valence-corrected chi connectivity index (χ4v) is 1.70. The molecule has 0 aliphatic rings. The Morgan fingerprint density at radius 3 is 2.20 bits per heavy atom. The van der Waals surface area contributed by atoms with Gasteiger partial charge in [-0.3, -0.25) is 20.4 Å². The van der Waals surface area contributed by atoms with Gasteiger partial charge in [0, 0.05) is 5.56 Å². The molecule has 0 bridgehead atoms. The summed E-state index contributed by atoms with van der Waals surface area (Å²) in [6.45, 7) is 3.78. The van der Waals surface area contributed by atoms with Crippen molar-refractivity contribution in [2.24, 2.45) is 0 Å². The van der Waals surface area contributed by atoms with Gasteiger partial charge in [-0.05, 0) is 43.2 Å². The Hall–Kier alpha value is -2.56. The van der Waals surface area contributed by atoms with Gasteiger partial charge in [0.2, 0.25) is 0 Å². The first-order valence-electron chi connectivity index (χ1n) is 6.36. The third-order valence-corrected chi connectivity index (χ3v) is 2.88. The molecule has 0 radical (unpaired) electrons. The van der Waals surface area contributed by atoms with E-state index in [4.69, 9.17) is 4.42 Å². The van der Waals surface area contributed by atoms with Crippen LogP contribution in [0.15, 0.2) is 40.8 Å². The van der Waals surface area contributed by atoms with E-state index < -0.39 is 5.91 Å². The van der Waals surface area contributed by atoms with E-state index in [1.54, 1.807) is 31.2 Å². The predicted molar refractivity (Wildman–Crippen MR) is 74.2 cm³/mol. The van der Waals surface area contributed by atoms with Crippen LogP contribution >= 0.6 is 0 Å². The van der Waals surface area contributed by atoms with Crippen LogP contribution in [0.1, 0.15) is 39.2 Å². The molecule has 5 heteroatoms. The van der Waals surface area contributed by atoms with E-state index in [9.17, 15) is 9.59 Å². The monoisotopic (exact) mass is 272 g/mol. The average molecular weight is 272 g/mol. The van der Waals surface area contributed by atoms with Gasteiger partial charge >= 0.3 is 5.91 Å². The molecule has 0 aliphatic carbocycles. The van der Waals surface area contributed by atoms with Gasteiger partial charge in [0.1, 0.15) is 5.76 Å². The first-order chi connectivity index (χ1) is 9.60. The molecule has 0 unspecified atom stereocenters. The molecule has 0 saturated heterocycles. The number of amides is 2. The second-order valence-corrected chi connectivity index (χ2v) is 4.37. The van der Waals surface area contributed by atoms with Crippen LogP contribution in [-0.4, -0.2) is 11.8 Å². The fraction of sp³-hybridized carbons (Fsp3) is 0.200. The van der Waals surface area contributed by atoms with E-state index >= 15 is 0 Å². The van der Waals surface area contributed by atoms with Crippen LogP contribution in [0.2, 0.25) is 0 Å². The van der Waals surface area contributed by atoms with Gasteiger partial charge in [0.15, 0.2) is 5.76 Å². The zero-order valence-electron chi connectivity index (χ0n) is 11.4. The summed E-state index contributed by atoms with van der Waals surface area (Å²) in [7, 11) is 0. The minimum atomic E-state index is -0.489. The lowest BCUT2D eigenvalue weighted by Crippen LogP contribution is -2.41. The van der Waals surface area contributed by atoms with Crippen molar-refractivity contribution < 1.29 is 14.0 Å². The number of rotatable bonds is 3. The largest absolute Gasteiger partial charge is 0.456 e. The molecule has 2 N–H and O–H groups in total. The highest BCUT2D eigenvalue weighted by atomic mass is 16.3. The second-order valence-electron chi connectivity index (χ2n) is 4.37. The third-order valence-electron chi connectivity index (χ3n) is 2.88. The zero-order valence-corrected chi connectivity index (χ0v) is 11.4. The van der Waals surface area contributed by atoms with Gasteiger partial charge in [-0.25, -0.2) is 0 Å². The number of hydrazine groups is 1. The van der Waals surface area contributed by atoms with Crippen molar-refractivity contribution in [3.05, 3.63) is 59.0 Å². The van der Waals surface area contributed by atoms with Crippen molar-refractivity contribution in [1.29, 1.82) is 0 Å². The van der Waals surface area contributed by atoms with Crippen molar-refractivity contribution >= 4 is 11.8 Å². The lowest BCUT2D eigenvalue weighted by molar-refractivity contribution is 0.0830. The van der Waals surface area contributed by atoms with Crippen LogP contribution in [0.4, 0.5) is 0 Å². The highest BCUT2D eigenvalue weighted by Gasteiger charge is 2.11. The van der Waals surface area contributed by atoms with Crippen molar-refractivity contribution in [1.82, 2.24) is 10.9 Å². The Morgan fingerprint density at radius 1 is 1.00 bits per heavy atom. The topological polar surface area (TPSA) is 71.3 Å². The summed E-state index contributed by atoms with van der Waals surface area (Å²) in [6.07, 6.45) is 0.913. The molecule has 0 atom stereocenters. The SMILES string of the molecule is CCc1ccc(C(=O)NNC(=O)c2ccc(C)o2)cc1. The van der Waals surface area contributed by atoms with Gasteiger partial charge in [-0.15, -0.1) is 0 Å². The first kappa shape index (κ1) is 13.9. The molecule has 104 valence electrons. The van der Waals surface area contributed by atoms with E-state index in [2.05, 4.69) is 10.9 Å². The van der Waals surface area contributed by atoms with Crippen molar-refractivity contribution in [2.75, 3.05) is 0 Å². The maximum atomic E-state index is 11.8. The standard InChI is InChI=1S/C15H16N2O3/c1-3-11-5-7-12(8-6-11)14(18)16-17-15(19)13-9-4-10(2)20-13/h4-9H,3H2,1-2H3,(H,16,18)(H,17,19). The smallest absolute Gasteiger partial charge is 0.305 e. The lowest BCUT2D eigenvalue weighted by atomic mass is 10.1. The summed E-state index contributed by atoms with van der Waals surface area (Å²) in [5.41, 5.74) is 6.29. The van der Waals surface area contributed by atoms with Crippen molar-refractivity contribution in [3.63, 3.8) is 0 Å². The predicted octanol–water partition coefficient (Wildman–Crippen LogP) is 2.23. The first-order valence-corrected chi connectivity index (χ1v) is 6.36. The Balaban J connectivity index is 1.92. The molecule has 2 aromatic rings. The summed E-state index contributed by atoms with van der Waals surface area (Å²) in [5.74, 6) is -0.0679. The molecule has 2 amide bonds. The molecule has 20 heavy (non-hydrogen) atoms. The summed E-state index contributed by atoms with van der Waals surface area (Å²) in [4.78, 5) is 23.5. The van der Waals surface area contributed by atoms with Crippen LogP contribution in [-0.2, 0) is 6.42 Å². The summed E-state index contributed by atoms with van der Waals surface area (Å²) in [6, 6.07) is 10.4. The van der Waals surface area contributed by atoms with Crippen LogP contribution in [0.25, 0.3) is 0 Å². The minimum absolute atomic E-state index is 0.157. The Labute approximate surface area is 117 Å². The van der Waals surface area contributed by atoms with Gasteiger partial charge in [-0.1, -0.05) is 19.1 Å². The van der Waals surface area contributed by atoms with E-state index in [-0.39, 0.29) is 11.7 Å². The Kier molecular flexibility index (Phi) is 4.20. The van der Waals surface area contributed by atoms with Crippen LogP contribution in [0, 0.1) is 6.92 Å². The summed E-state index contributed by atoms with van der Waals surface area (Å²) in [5, 5.41) is 0. The number of nitrogens with one attached hydrogen (secondary N) is 2. The van der Waals surface area contributed by atoms with Gasteiger partial charge in [0.25, 0.3) is 5.91 Å². The third kappa shape index (κ3) is 3.26. The molecule has 5 nitrogen and oxygen atoms in total. The van der Waals surface area contributed by atoms with E-state index in [0.29, 0.717) is 11.3 Å². The lowest BCUT2D eigenvalue weighted by Gasteiger charge is -2.06. The highest BCUT2D eigenvalue weighted by molar-refractivity contribution is 5.97. The summed E-state index contributed by atoms with van der Waals surface area (Å²) < 4.78 is 5.15. The van der Waals surface area contributed by atoms with E-state index in [1.165, 1.54) is 0 Å². The van der Waals surface area contributed by atoms with Crippen LogP contribution in [0.5, 0.6) is 0 Å². The molecule has 1 heterocycles. The van der Waals surface area contributed by atoms with Crippen LogP contribution in [0.3, 0.4) is 0 Å². The van der Waals surface area contributed by atoms with E-state index in [0.717, 1.165) is 12.0 Å². The van der Waals surface area contributed by atoms with Crippen molar-refractivity contribution in [3.8, 4) is 0 Å². The maximum Gasteiger partial charge on any atom is 0.305 e. The molecular weight excluding hydrogens is 256 g/mol. The minimum Gasteiger partial charge on any atom is -0.456 e. The Morgan fingerprint density at radius 2 is 1.65 bits per heavy atom. The number of carbonyl (C=O) groups is 2. The van der Waals surface area contributed by atoms with Gasteiger partial charge < -0.3 is 4.42 Å².